The summed E-state index contributed by atoms with van der Waals surface area (Å²) in [6, 6.07) is -0.540. The molecule has 1 aliphatic rings. The molecule has 3 heterocycles. The summed E-state index contributed by atoms with van der Waals surface area (Å²) in [4.78, 5) is 29.0. The number of H-pyrrole nitrogens is 1. The van der Waals surface area contributed by atoms with E-state index < -0.39 is 6.04 Å². The lowest BCUT2D eigenvalue weighted by Crippen LogP contribution is -2.47. The number of ether oxygens (including phenoxy) is 1. The van der Waals surface area contributed by atoms with Crippen molar-refractivity contribution in [2.75, 3.05) is 13.2 Å². The van der Waals surface area contributed by atoms with Crippen LogP contribution in [0.15, 0.2) is 4.79 Å². The van der Waals surface area contributed by atoms with Gasteiger partial charge >= 0.3 is 0 Å². The van der Waals surface area contributed by atoms with Crippen LogP contribution in [0.5, 0.6) is 0 Å². The molecule has 152 valence electrons. The quantitative estimate of drug-likeness (QED) is 0.685. The van der Waals surface area contributed by atoms with Crippen molar-refractivity contribution in [2.24, 2.45) is 18.7 Å². The van der Waals surface area contributed by atoms with Gasteiger partial charge in [0.05, 0.1) is 11.4 Å². The van der Waals surface area contributed by atoms with Crippen LogP contribution in [0.2, 0.25) is 0 Å². The Morgan fingerprint density at radius 2 is 2.00 bits per heavy atom. The molecule has 10 heteroatoms. The Morgan fingerprint density at radius 1 is 1.37 bits per heavy atom. The van der Waals surface area contributed by atoms with Gasteiger partial charge in [0.1, 0.15) is 0 Å². The highest BCUT2D eigenvalue weighted by atomic mass is 35.5. The summed E-state index contributed by atoms with van der Waals surface area (Å²) in [5.41, 5.74) is 9.04. The molecule has 0 aromatic carbocycles. The maximum absolute atomic E-state index is 12.4. The van der Waals surface area contributed by atoms with Crippen LogP contribution >= 0.6 is 24.8 Å². The van der Waals surface area contributed by atoms with Crippen LogP contribution in [0, 0.1) is 19.8 Å². The van der Waals surface area contributed by atoms with E-state index in [1.165, 1.54) is 0 Å². The number of aromatic nitrogens is 3. The Bertz CT molecular complexity index is 858. The molecule has 1 unspecified atom stereocenters. The summed E-state index contributed by atoms with van der Waals surface area (Å²) in [5.74, 6) is -0.0266. The number of carbonyl (C=O) groups is 1. The average Bonchev–Trinajstić information content (AvgIpc) is 2.88. The Kier molecular flexibility index (Phi) is 8.28. The maximum Gasteiger partial charge on any atom is 0.273 e. The molecule has 8 nitrogen and oxygen atoms in total. The zero-order chi connectivity index (χ0) is 18.1. The Labute approximate surface area is 170 Å². The number of aromatic amines is 1. The molecule has 0 aliphatic carbocycles. The van der Waals surface area contributed by atoms with Crippen LogP contribution in [-0.4, -0.2) is 39.9 Å². The second-order valence-corrected chi connectivity index (χ2v) is 6.69. The molecule has 3 rings (SSSR count). The van der Waals surface area contributed by atoms with Gasteiger partial charge in [-0.05, 0) is 43.7 Å². The highest BCUT2D eigenvalue weighted by Crippen LogP contribution is 2.20. The lowest BCUT2D eigenvalue weighted by atomic mass is 9.92. The molecule has 0 bridgehead atoms. The molecular formula is C17H27Cl2N5O3. The number of halogens is 2. The summed E-state index contributed by atoms with van der Waals surface area (Å²) in [6.45, 7) is 5.38. The number of fused-ring (bicyclic) bond motifs is 1. The monoisotopic (exact) mass is 419 g/mol. The second-order valence-electron chi connectivity index (χ2n) is 6.69. The Hall–Kier alpha value is -1.61. The highest BCUT2D eigenvalue weighted by Gasteiger charge is 2.26. The summed E-state index contributed by atoms with van der Waals surface area (Å²) in [5, 5.41) is 6.18. The van der Waals surface area contributed by atoms with Gasteiger partial charge in [-0.3, -0.25) is 19.4 Å². The third kappa shape index (κ3) is 4.63. The van der Waals surface area contributed by atoms with Gasteiger partial charge in [-0.2, -0.15) is 0 Å². The third-order valence-corrected chi connectivity index (χ3v) is 5.09. The molecule has 27 heavy (non-hydrogen) atoms. The Morgan fingerprint density at radius 3 is 2.63 bits per heavy atom. The third-order valence-electron chi connectivity index (χ3n) is 5.09. The number of pyridine rings is 1. The summed E-state index contributed by atoms with van der Waals surface area (Å²) in [7, 11) is 1.75. The smallest absolute Gasteiger partial charge is 0.273 e. The first kappa shape index (κ1) is 23.4. The van der Waals surface area contributed by atoms with Gasteiger partial charge in [0.15, 0.2) is 5.65 Å². The van der Waals surface area contributed by atoms with Crippen molar-refractivity contribution >= 4 is 41.8 Å². The zero-order valence-electron chi connectivity index (χ0n) is 15.7. The number of carbonyl (C=O) groups excluding carboxylic acids is 1. The molecule has 1 aliphatic heterocycles. The Balaban J connectivity index is 0.00000182. The van der Waals surface area contributed by atoms with E-state index in [0.717, 1.165) is 29.7 Å². The van der Waals surface area contributed by atoms with E-state index in [4.69, 9.17) is 10.5 Å². The minimum atomic E-state index is -0.540. The van der Waals surface area contributed by atoms with E-state index in [2.05, 4.69) is 15.4 Å². The molecule has 1 amide bonds. The van der Waals surface area contributed by atoms with Gasteiger partial charge in [0.2, 0.25) is 5.91 Å². The van der Waals surface area contributed by atoms with Crippen LogP contribution in [0.25, 0.3) is 11.0 Å². The van der Waals surface area contributed by atoms with Crippen molar-refractivity contribution in [1.29, 1.82) is 0 Å². The van der Waals surface area contributed by atoms with Crippen molar-refractivity contribution in [3.8, 4) is 0 Å². The zero-order valence-corrected chi connectivity index (χ0v) is 17.3. The van der Waals surface area contributed by atoms with Crippen LogP contribution in [0.1, 0.15) is 29.7 Å². The van der Waals surface area contributed by atoms with Crippen LogP contribution in [-0.2, 0) is 23.1 Å². The fourth-order valence-corrected chi connectivity index (χ4v) is 3.49. The minimum Gasteiger partial charge on any atom is -0.381 e. The molecule has 1 saturated heterocycles. The number of nitrogens with zero attached hydrogens (tertiary/aromatic N) is 2. The molecule has 1 atom stereocenters. The van der Waals surface area contributed by atoms with Gasteiger partial charge in [0.25, 0.3) is 5.56 Å². The molecule has 0 radical (unpaired) electrons. The number of nitrogens with two attached hydrogens (primary N) is 1. The largest absolute Gasteiger partial charge is 0.381 e. The van der Waals surface area contributed by atoms with Gasteiger partial charge in [-0.25, -0.2) is 4.98 Å². The molecule has 4 N–H and O–H groups in total. The predicted octanol–water partition coefficient (Wildman–Crippen LogP) is 1.09. The number of hydrogen-bond acceptors (Lipinski definition) is 5. The standard InChI is InChI=1S/C17H25N5O3.2ClH/c1-9-12(10(2)20-15-13(9)16(23)21-22(15)3)8-19-17(24)14(18)11-4-6-25-7-5-11;;/h11,14H,4-8,18H2,1-3H3,(H,19,24)(H,21,23);2*1H. The van der Waals surface area contributed by atoms with Gasteiger partial charge < -0.3 is 15.8 Å². The summed E-state index contributed by atoms with van der Waals surface area (Å²) >= 11 is 0. The number of rotatable bonds is 4. The number of amides is 1. The fraction of sp³-hybridized carbons (Fsp3) is 0.588. The van der Waals surface area contributed by atoms with Gasteiger partial charge in [0, 0.05) is 32.5 Å². The normalized spacial score (nSPS) is 15.7. The molecule has 0 saturated carbocycles. The molecule has 2 aromatic rings. The van der Waals surface area contributed by atoms with Crippen molar-refractivity contribution in [3.63, 3.8) is 0 Å². The van der Waals surface area contributed by atoms with Crippen LogP contribution in [0.3, 0.4) is 0 Å². The van der Waals surface area contributed by atoms with E-state index in [-0.39, 0.29) is 42.2 Å². The van der Waals surface area contributed by atoms with Crippen molar-refractivity contribution < 1.29 is 9.53 Å². The van der Waals surface area contributed by atoms with Crippen LogP contribution < -0.4 is 16.6 Å². The van der Waals surface area contributed by atoms with Crippen molar-refractivity contribution in [1.82, 2.24) is 20.1 Å². The lowest BCUT2D eigenvalue weighted by molar-refractivity contribution is -0.124. The second kappa shape index (κ2) is 9.54. The molecule has 2 aromatic heterocycles. The van der Waals surface area contributed by atoms with Gasteiger partial charge in [-0.1, -0.05) is 0 Å². The SMILES string of the molecule is Cc1nc2c(c(C)c1CNC(=O)C(N)C1CCOCC1)c(=O)[nH]n2C.Cl.Cl. The van der Waals surface area contributed by atoms with Gasteiger partial charge in [-0.15, -0.1) is 24.8 Å². The first-order chi connectivity index (χ1) is 11.9. The van der Waals surface area contributed by atoms with E-state index in [9.17, 15) is 9.59 Å². The fourth-order valence-electron chi connectivity index (χ4n) is 3.49. The summed E-state index contributed by atoms with van der Waals surface area (Å²) < 4.78 is 6.93. The van der Waals surface area contributed by atoms with Crippen LogP contribution in [0.4, 0.5) is 0 Å². The van der Waals surface area contributed by atoms with Crippen molar-refractivity contribution in [2.45, 2.75) is 39.3 Å². The number of nitrogens with one attached hydrogen (secondary N) is 2. The molecular weight excluding hydrogens is 393 g/mol. The predicted molar refractivity (Wildman–Crippen MR) is 109 cm³/mol. The number of aryl methyl sites for hydroxylation is 3. The highest BCUT2D eigenvalue weighted by molar-refractivity contribution is 5.85. The van der Waals surface area contributed by atoms with E-state index >= 15 is 0 Å². The van der Waals surface area contributed by atoms with Crippen molar-refractivity contribution in [3.05, 3.63) is 27.2 Å². The number of hydrogen-bond donors (Lipinski definition) is 3. The van der Waals surface area contributed by atoms with E-state index in [1.807, 2.05) is 13.8 Å². The topological polar surface area (TPSA) is 115 Å². The van der Waals surface area contributed by atoms with E-state index in [0.29, 0.717) is 30.8 Å². The lowest BCUT2D eigenvalue weighted by Gasteiger charge is -2.26. The first-order valence-electron chi connectivity index (χ1n) is 8.56. The first-order valence-corrected chi connectivity index (χ1v) is 8.56. The summed E-state index contributed by atoms with van der Waals surface area (Å²) in [6.07, 6.45) is 1.61. The average molecular weight is 420 g/mol. The maximum atomic E-state index is 12.4. The minimum absolute atomic E-state index is 0. The molecule has 1 fully saturated rings. The van der Waals surface area contributed by atoms with E-state index in [1.54, 1.807) is 11.7 Å². The molecule has 0 spiro atoms.